The van der Waals surface area contributed by atoms with Gasteiger partial charge in [0.2, 0.25) is 0 Å². The van der Waals surface area contributed by atoms with Gasteiger partial charge in [0, 0.05) is 5.56 Å². The Labute approximate surface area is 93.1 Å². The maximum Gasteiger partial charge on any atom is 1.00 e. The summed E-state index contributed by atoms with van der Waals surface area (Å²) in [5, 5.41) is 10.5. The van der Waals surface area contributed by atoms with E-state index < -0.39 is 0 Å². The van der Waals surface area contributed by atoms with Crippen LogP contribution in [0, 0.1) is 0 Å². The Bertz CT molecular complexity index is 211. The normalized spacial score (nSPS) is 7.27. The van der Waals surface area contributed by atoms with E-state index in [0.29, 0.717) is 5.56 Å². The van der Waals surface area contributed by atoms with Crippen LogP contribution in [0.3, 0.4) is 0 Å². The topological polar surface area (TPSA) is 19.9 Å². The molecule has 0 aliphatic carbocycles. The van der Waals surface area contributed by atoms with E-state index >= 15 is 0 Å². The molecule has 0 N–H and O–H groups in total. The third-order valence-electron chi connectivity index (χ3n) is 1.10. The molecule has 0 amide bonds. The van der Waals surface area contributed by atoms with Gasteiger partial charge in [-0.1, -0.05) is 36.9 Å². The van der Waals surface area contributed by atoms with Crippen LogP contribution in [0.5, 0.6) is 0 Å². The molecule has 1 rings (SSSR count). The summed E-state index contributed by atoms with van der Waals surface area (Å²) in [7, 11) is 0. The first kappa shape index (κ1) is 13.6. The molecule has 0 heterocycles. The van der Waals surface area contributed by atoms with Gasteiger partial charge in [0.1, 0.15) is 0 Å². The third kappa shape index (κ3) is 4.43. The zero-order chi connectivity index (χ0) is 6.69. The Morgan fingerprint density at radius 1 is 1.18 bits per heavy atom. The summed E-state index contributed by atoms with van der Waals surface area (Å²) in [6, 6.07) is 8.99. The van der Waals surface area contributed by atoms with E-state index in [1.54, 1.807) is 12.1 Å². The molecule has 0 aliphatic heterocycles. The molecule has 0 fully saturated rings. The van der Waals surface area contributed by atoms with Crippen molar-refractivity contribution in [3.63, 3.8) is 0 Å². The van der Waals surface area contributed by atoms with E-state index in [1.807, 2.05) is 18.2 Å². The zero-order valence-electron chi connectivity index (χ0n) is 6.09. The minimum atomic E-state index is -0.129. The molecule has 0 saturated carbocycles. The predicted octanol–water partition coefficient (Wildman–Crippen LogP) is -0.911. The standard InChI is InChI=1S/C8H7O.ClH.Hg/c1-7(9)8-5-3-2-4-6-8;;/h2-6H,1H2;1H;/q;;+1/p-1. The van der Waals surface area contributed by atoms with Crippen molar-refractivity contribution in [2.24, 2.45) is 0 Å². The third-order valence-corrected chi connectivity index (χ3v) is 1.10. The van der Waals surface area contributed by atoms with Crippen LogP contribution in [-0.2, 0) is 32.8 Å². The molecule has 0 aromatic heterocycles. The second-order valence-corrected chi connectivity index (χ2v) is 1.79. The molecular formula is C8H7ClHgO. The Morgan fingerprint density at radius 3 is 1.91 bits per heavy atom. The van der Waals surface area contributed by atoms with Gasteiger partial charge < -0.3 is 12.4 Å². The van der Waals surface area contributed by atoms with Crippen LogP contribution in [0.25, 0.3) is 5.76 Å². The molecule has 0 aliphatic rings. The quantitative estimate of drug-likeness (QED) is 0.459. The molecule has 1 nitrogen and oxygen atoms in total. The first-order chi connectivity index (χ1) is 4.30. The van der Waals surface area contributed by atoms with Gasteiger partial charge in [-0.25, -0.2) is 0 Å². The zero-order valence-corrected chi connectivity index (χ0v) is 12.3. The van der Waals surface area contributed by atoms with E-state index in [1.165, 1.54) is 0 Å². The maximum absolute atomic E-state index is 10.5. The van der Waals surface area contributed by atoms with Crippen LogP contribution in [0.2, 0.25) is 0 Å². The average molecular weight is 355 g/mol. The largest absolute Gasteiger partial charge is 1.00 e. The fraction of sp³-hybridized carbons (Fsp3) is 0. The van der Waals surface area contributed by atoms with Gasteiger partial charge in [-0.3, -0.25) is 5.11 Å². The van der Waals surface area contributed by atoms with E-state index in [2.05, 4.69) is 6.58 Å². The van der Waals surface area contributed by atoms with Crippen molar-refractivity contribution in [2.45, 2.75) is 0 Å². The van der Waals surface area contributed by atoms with Gasteiger partial charge in [-0.05, 0) is 0 Å². The Morgan fingerprint density at radius 2 is 1.64 bits per heavy atom. The molecule has 2 radical (unpaired) electrons. The van der Waals surface area contributed by atoms with Gasteiger partial charge in [0.25, 0.3) is 0 Å². The monoisotopic (exact) mass is 356 g/mol. The summed E-state index contributed by atoms with van der Waals surface area (Å²) in [5.74, 6) is -0.129. The molecule has 0 atom stereocenters. The number of hydrogen-bond donors (Lipinski definition) is 0. The van der Waals surface area contributed by atoms with Gasteiger partial charge in [0.15, 0.2) is 5.76 Å². The van der Waals surface area contributed by atoms with Crippen molar-refractivity contribution < 1.29 is 45.2 Å². The van der Waals surface area contributed by atoms with Crippen molar-refractivity contribution in [2.75, 3.05) is 0 Å². The smallest absolute Gasteiger partial charge is 1.00 e. The molecule has 1 aromatic carbocycles. The molecule has 1 aromatic rings. The summed E-state index contributed by atoms with van der Waals surface area (Å²) >= 11 is 0. The minimum absolute atomic E-state index is 0. The molecule has 0 spiro atoms. The molecule has 11 heavy (non-hydrogen) atoms. The molecule has 0 unspecified atom stereocenters. The van der Waals surface area contributed by atoms with Crippen molar-refractivity contribution in [1.82, 2.24) is 0 Å². The fourth-order valence-corrected chi connectivity index (χ4v) is 0.624. The van der Waals surface area contributed by atoms with E-state index in [9.17, 15) is 5.11 Å². The van der Waals surface area contributed by atoms with Gasteiger partial charge in [-0.15, -0.1) is 0 Å². The van der Waals surface area contributed by atoms with Crippen LogP contribution in [-0.4, -0.2) is 0 Å². The predicted molar refractivity (Wildman–Crippen MR) is 36.2 cm³/mol. The molecule has 3 heteroatoms. The van der Waals surface area contributed by atoms with E-state index in [-0.39, 0.29) is 45.8 Å². The number of rotatable bonds is 1. The average Bonchev–Trinajstić information content (AvgIpc) is 1.90. The van der Waals surface area contributed by atoms with Crippen LogP contribution in [0.4, 0.5) is 0 Å². The van der Waals surface area contributed by atoms with Crippen molar-refractivity contribution in [1.29, 1.82) is 0 Å². The Kier molecular flexibility index (Phi) is 8.24. The summed E-state index contributed by atoms with van der Waals surface area (Å²) in [4.78, 5) is 0. The maximum atomic E-state index is 10.5. The van der Waals surface area contributed by atoms with Crippen LogP contribution >= 0.6 is 0 Å². The molecule has 0 bridgehead atoms. The Balaban J connectivity index is 0. The van der Waals surface area contributed by atoms with Crippen molar-refractivity contribution in [3.05, 3.63) is 42.5 Å². The number of benzene rings is 1. The summed E-state index contributed by atoms with van der Waals surface area (Å²) < 4.78 is 0. The van der Waals surface area contributed by atoms with Gasteiger partial charge in [0.05, 0.1) is 0 Å². The first-order valence-corrected chi connectivity index (χ1v) is 2.72. The first-order valence-electron chi connectivity index (χ1n) is 2.72. The van der Waals surface area contributed by atoms with Crippen LogP contribution in [0.1, 0.15) is 5.56 Å². The van der Waals surface area contributed by atoms with E-state index in [4.69, 9.17) is 0 Å². The summed E-state index contributed by atoms with van der Waals surface area (Å²) in [5.41, 5.74) is 0.664. The Hall–Kier alpha value is -0.0149. The number of halogens is 1. The van der Waals surface area contributed by atoms with E-state index in [0.717, 1.165) is 0 Å². The van der Waals surface area contributed by atoms with Crippen molar-refractivity contribution >= 4 is 5.76 Å². The fourth-order valence-electron chi connectivity index (χ4n) is 0.624. The molecule has 54 valence electrons. The summed E-state index contributed by atoms with van der Waals surface area (Å²) in [6.45, 7) is 3.27. The second kappa shape index (κ2) is 6.68. The SMILES string of the molecule is C=C([O])c1ccccc1.[Cl-].[Hg+]. The molecule has 0 saturated heterocycles. The summed E-state index contributed by atoms with van der Waals surface area (Å²) in [6.07, 6.45) is 0. The molecular weight excluding hydrogens is 348 g/mol. The van der Waals surface area contributed by atoms with Crippen LogP contribution < -0.4 is 12.4 Å². The van der Waals surface area contributed by atoms with Gasteiger partial charge in [-0.2, -0.15) is 0 Å². The van der Waals surface area contributed by atoms with Gasteiger partial charge >= 0.3 is 27.7 Å². The van der Waals surface area contributed by atoms with Crippen molar-refractivity contribution in [3.8, 4) is 0 Å². The second-order valence-electron chi connectivity index (χ2n) is 1.79. The van der Waals surface area contributed by atoms with Crippen LogP contribution in [0.15, 0.2) is 36.9 Å². The number of hydrogen-bond acceptors (Lipinski definition) is 0. The minimum Gasteiger partial charge on any atom is -1.00 e.